The van der Waals surface area contributed by atoms with Crippen LogP contribution in [0.15, 0.2) is 29.4 Å². The van der Waals surface area contributed by atoms with E-state index >= 15 is 0 Å². The fourth-order valence-corrected chi connectivity index (χ4v) is 1.73. The minimum atomic E-state index is -0.479. The van der Waals surface area contributed by atoms with Crippen molar-refractivity contribution < 1.29 is 9.59 Å². The van der Waals surface area contributed by atoms with Crippen molar-refractivity contribution >= 4 is 18.2 Å². The highest BCUT2D eigenvalue weighted by Crippen LogP contribution is 2.21. The number of carbonyl (C=O) groups is 2. The maximum Gasteiger partial charge on any atom is 0.344 e. The second-order valence-electron chi connectivity index (χ2n) is 5.53. The van der Waals surface area contributed by atoms with E-state index in [9.17, 15) is 9.59 Å². The van der Waals surface area contributed by atoms with Crippen LogP contribution in [-0.2, 0) is 10.2 Å². The molecule has 0 aromatic heterocycles. The quantitative estimate of drug-likeness (QED) is 0.651. The molecule has 0 bridgehead atoms. The number of carbonyl (C=O) groups excluding carboxylic acids is 2. The van der Waals surface area contributed by atoms with Crippen molar-refractivity contribution in [3.8, 4) is 0 Å². The molecule has 2 rings (SSSR count). The second-order valence-corrected chi connectivity index (χ2v) is 5.53. The van der Waals surface area contributed by atoms with Crippen LogP contribution in [0.25, 0.3) is 0 Å². The first-order valence-corrected chi connectivity index (χ1v) is 6.12. The Kier molecular flexibility index (Phi) is 3.38. The fraction of sp³-hybridized carbons (Fsp3) is 0.357. The SMILES string of the molecule is CC(C)(C)c1ccc(/C=N/N2CC(=O)NC2=O)cc1. The number of nitrogens with one attached hydrogen (secondary N) is 1. The number of rotatable bonds is 2. The van der Waals surface area contributed by atoms with Crippen molar-refractivity contribution in [1.29, 1.82) is 0 Å². The average molecular weight is 259 g/mol. The van der Waals surface area contributed by atoms with Crippen molar-refractivity contribution in [3.05, 3.63) is 35.4 Å². The molecule has 5 nitrogen and oxygen atoms in total. The first-order valence-electron chi connectivity index (χ1n) is 6.12. The zero-order valence-electron chi connectivity index (χ0n) is 11.3. The number of benzene rings is 1. The van der Waals surface area contributed by atoms with Gasteiger partial charge >= 0.3 is 6.03 Å². The van der Waals surface area contributed by atoms with E-state index in [1.807, 2.05) is 24.3 Å². The van der Waals surface area contributed by atoms with E-state index in [1.54, 1.807) is 6.21 Å². The number of urea groups is 1. The van der Waals surface area contributed by atoms with Crippen LogP contribution in [-0.4, -0.2) is 29.7 Å². The molecule has 1 aromatic carbocycles. The lowest BCUT2D eigenvalue weighted by atomic mass is 9.87. The number of hydrazone groups is 1. The molecular formula is C14H17N3O2. The number of hydrogen-bond donors (Lipinski definition) is 1. The van der Waals surface area contributed by atoms with E-state index in [0.29, 0.717) is 0 Å². The third-order valence-electron chi connectivity index (χ3n) is 2.90. The zero-order valence-corrected chi connectivity index (χ0v) is 11.3. The third-order valence-corrected chi connectivity index (χ3v) is 2.90. The molecule has 0 spiro atoms. The van der Waals surface area contributed by atoms with Crippen LogP contribution in [0.2, 0.25) is 0 Å². The Bertz CT molecular complexity index is 527. The Balaban J connectivity index is 2.08. The summed E-state index contributed by atoms with van der Waals surface area (Å²) in [5.41, 5.74) is 2.23. The monoisotopic (exact) mass is 259 g/mol. The summed E-state index contributed by atoms with van der Waals surface area (Å²) in [6, 6.07) is 7.49. The Morgan fingerprint density at radius 1 is 1.21 bits per heavy atom. The minimum absolute atomic E-state index is 0.0184. The smallest absolute Gasteiger partial charge is 0.275 e. The molecule has 0 radical (unpaired) electrons. The number of hydrogen-bond acceptors (Lipinski definition) is 3. The molecule has 0 unspecified atom stereocenters. The summed E-state index contributed by atoms with van der Waals surface area (Å²) < 4.78 is 0. The van der Waals surface area contributed by atoms with Gasteiger partial charge in [-0.05, 0) is 16.5 Å². The fourth-order valence-electron chi connectivity index (χ4n) is 1.73. The largest absolute Gasteiger partial charge is 0.344 e. The molecule has 0 saturated carbocycles. The van der Waals surface area contributed by atoms with E-state index in [1.165, 1.54) is 5.56 Å². The van der Waals surface area contributed by atoms with Crippen molar-refractivity contribution in [1.82, 2.24) is 10.3 Å². The topological polar surface area (TPSA) is 61.8 Å². The summed E-state index contributed by atoms with van der Waals surface area (Å²) >= 11 is 0. The Labute approximate surface area is 112 Å². The second kappa shape index (κ2) is 4.84. The molecule has 100 valence electrons. The van der Waals surface area contributed by atoms with E-state index < -0.39 is 6.03 Å². The van der Waals surface area contributed by atoms with Gasteiger partial charge in [-0.15, -0.1) is 0 Å². The van der Waals surface area contributed by atoms with E-state index in [4.69, 9.17) is 0 Å². The minimum Gasteiger partial charge on any atom is -0.275 e. The standard InChI is InChI=1S/C14H17N3O2/c1-14(2,3)11-6-4-10(5-7-11)8-15-17-9-12(18)16-13(17)19/h4-8H,9H2,1-3H3,(H,16,18,19)/b15-8+. The van der Waals surface area contributed by atoms with Crippen LogP contribution >= 0.6 is 0 Å². The Morgan fingerprint density at radius 3 is 2.32 bits per heavy atom. The third kappa shape index (κ3) is 3.19. The highest BCUT2D eigenvalue weighted by atomic mass is 16.2. The van der Waals surface area contributed by atoms with Crippen molar-refractivity contribution in [3.63, 3.8) is 0 Å². The normalized spacial score (nSPS) is 16.3. The highest BCUT2D eigenvalue weighted by Gasteiger charge is 2.25. The van der Waals surface area contributed by atoms with Crippen molar-refractivity contribution in [2.75, 3.05) is 6.54 Å². The molecular weight excluding hydrogens is 242 g/mol. The summed E-state index contributed by atoms with van der Waals surface area (Å²) in [6.07, 6.45) is 1.57. The van der Waals surface area contributed by atoms with Crippen LogP contribution in [0.1, 0.15) is 31.9 Å². The summed E-state index contributed by atoms with van der Waals surface area (Å²) in [4.78, 5) is 22.3. The van der Waals surface area contributed by atoms with Gasteiger partial charge in [-0.1, -0.05) is 45.0 Å². The van der Waals surface area contributed by atoms with Gasteiger partial charge in [0.05, 0.1) is 6.21 Å². The van der Waals surface area contributed by atoms with Gasteiger partial charge in [-0.2, -0.15) is 5.10 Å². The zero-order chi connectivity index (χ0) is 14.0. The van der Waals surface area contributed by atoms with Crippen LogP contribution < -0.4 is 5.32 Å². The molecule has 1 heterocycles. The lowest BCUT2D eigenvalue weighted by molar-refractivity contribution is -0.118. The lowest BCUT2D eigenvalue weighted by Gasteiger charge is -2.18. The molecule has 1 aromatic rings. The summed E-state index contributed by atoms with van der Waals surface area (Å²) in [5.74, 6) is -0.328. The lowest BCUT2D eigenvalue weighted by Crippen LogP contribution is -2.24. The van der Waals surface area contributed by atoms with Gasteiger partial charge in [0.2, 0.25) is 5.91 Å². The highest BCUT2D eigenvalue weighted by molar-refractivity contribution is 6.02. The Hall–Kier alpha value is -2.17. The van der Waals surface area contributed by atoms with Gasteiger partial charge in [0.25, 0.3) is 0 Å². The van der Waals surface area contributed by atoms with E-state index in [0.717, 1.165) is 10.6 Å². The van der Waals surface area contributed by atoms with Crippen molar-refractivity contribution in [2.24, 2.45) is 5.10 Å². The molecule has 1 N–H and O–H groups in total. The molecule has 0 atom stereocenters. The van der Waals surface area contributed by atoms with Crippen LogP contribution in [0, 0.1) is 0 Å². The van der Waals surface area contributed by atoms with E-state index in [2.05, 4.69) is 31.2 Å². The molecule has 19 heavy (non-hydrogen) atoms. The predicted molar refractivity (Wildman–Crippen MR) is 73.0 cm³/mol. The van der Waals surface area contributed by atoms with Gasteiger partial charge in [-0.25, -0.2) is 9.80 Å². The van der Waals surface area contributed by atoms with Gasteiger partial charge in [0.15, 0.2) is 0 Å². The first-order chi connectivity index (χ1) is 8.86. The van der Waals surface area contributed by atoms with E-state index in [-0.39, 0.29) is 17.9 Å². The van der Waals surface area contributed by atoms with Gasteiger partial charge < -0.3 is 0 Å². The maximum atomic E-state index is 11.3. The van der Waals surface area contributed by atoms with Gasteiger partial charge in [0, 0.05) is 0 Å². The van der Waals surface area contributed by atoms with Gasteiger partial charge in [0.1, 0.15) is 6.54 Å². The van der Waals surface area contributed by atoms with Gasteiger partial charge in [-0.3, -0.25) is 10.1 Å². The van der Waals surface area contributed by atoms with Crippen LogP contribution in [0.3, 0.4) is 0 Å². The first kappa shape index (κ1) is 13.3. The summed E-state index contributed by atoms with van der Waals surface area (Å²) in [5, 5.41) is 7.27. The van der Waals surface area contributed by atoms with Crippen LogP contribution in [0.4, 0.5) is 4.79 Å². The maximum absolute atomic E-state index is 11.3. The average Bonchev–Trinajstić information content (AvgIpc) is 2.65. The number of amides is 3. The number of imide groups is 1. The van der Waals surface area contributed by atoms with Crippen LogP contribution in [0.5, 0.6) is 0 Å². The predicted octanol–water partition coefficient (Wildman–Crippen LogP) is 1.87. The summed E-state index contributed by atoms with van der Waals surface area (Å²) in [7, 11) is 0. The molecule has 5 heteroatoms. The number of nitrogens with zero attached hydrogens (tertiary/aromatic N) is 2. The molecule has 3 amide bonds. The molecule has 1 saturated heterocycles. The molecule has 1 aliphatic heterocycles. The Morgan fingerprint density at radius 2 is 1.84 bits per heavy atom. The summed E-state index contributed by atoms with van der Waals surface area (Å²) in [6.45, 7) is 6.43. The molecule has 1 fully saturated rings. The molecule has 0 aliphatic carbocycles. The van der Waals surface area contributed by atoms with Crippen molar-refractivity contribution in [2.45, 2.75) is 26.2 Å². The molecule has 1 aliphatic rings.